The molecule has 0 aliphatic heterocycles. The maximum absolute atomic E-state index is 12.5. The lowest BCUT2D eigenvalue weighted by Gasteiger charge is -2.33. The number of nitrogens with two attached hydrogens (primary N) is 1. The van der Waals surface area contributed by atoms with E-state index in [9.17, 15) is 13.2 Å². The van der Waals surface area contributed by atoms with Crippen LogP contribution in [0, 0.1) is 0 Å². The fourth-order valence-electron chi connectivity index (χ4n) is 2.76. The monoisotopic (exact) mass is 286 g/mol. The van der Waals surface area contributed by atoms with Crippen LogP contribution in [0.1, 0.15) is 36.8 Å². The molecule has 0 spiro atoms. The van der Waals surface area contributed by atoms with Crippen LogP contribution >= 0.6 is 0 Å². The summed E-state index contributed by atoms with van der Waals surface area (Å²) in [6.45, 7) is 0.679. The second-order valence-corrected chi connectivity index (χ2v) is 5.68. The summed E-state index contributed by atoms with van der Waals surface area (Å²) in [6.07, 6.45) is -0.0649. The van der Waals surface area contributed by atoms with Crippen LogP contribution in [-0.2, 0) is 12.7 Å². The Morgan fingerprint density at radius 1 is 1.10 bits per heavy atom. The van der Waals surface area contributed by atoms with E-state index in [2.05, 4.69) is 4.90 Å². The third-order valence-electron chi connectivity index (χ3n) is 4.08. The molecule has 1 aromatic rings. The van der Waals surface area contributed by atoms with E-state index in [4.69, 9.17) is 5.73 Å². The summed E-state index contributed by atoms with van der Waals surface area (Å²) in [5.41, 5.74) is 6.20. The van der Waals surface area contributed by atoms with Crippen molar-refractivity contribution >= 4 is 0 Å². The van der Waals surface area contributed by atoms with Gasteiger partial charge in [0, 0.05) is 18.6 Å². The highest BCUT2D eigenvalue weighted by atomic mass is 19.4. The van der Waals surface area contributed by atoms with Gasteiger partial charge in [-0.1, -0.05) is 12.1 Å². The smallest absolute Gasteiger partial charge is 0.328 e. The summed E-state index contributed by atoms with van der Waals surface area (Å²) in [5.74, 6) is 0. The minimum Gasteiger partial charge on any atom is -0.328 e. The normalized spacial score (nSPS) is 24.1. The molecule has 2 rings (SSSR count). The predicted molar refractivity (Wildman–Crippen MR) is 73.1 cm³/mol. The lowest BCUT2D eigenvalue weighted by Crippen LogP contribution is -2.38. The van der Waals surface area contributed by atoms with E-state index in [1.165, 1.54) is 0 Å². The second kappa shape index (κ2) is 6.14. The van der Waals surface area contributed by atoms with Gasteiger partial charge in [0.2, 0.25) is 0 Å². The third-order valence-corrected chi connectivity index (χ3v) is 4.08. The van der Waals surface area contributed by atoms with Crippen molar-refractivity contribution in [1.29, 1.82) is 0 Å². The van der Waals surface area contributed by atoms with Crippen molar-refractivity contribution in [2.45, 2.75) is 50.5 Å². The van der Waals surface area contributed by atoms with Crippen LogP contribution in [0.3, 0.4) is 0 Å². The number of hydrogen-bond acceptors (Lipinski definition) is 2. The van der Waals surface area contributed by atoms with E-state index >= 15 is 0 Å². The van der Waals surface area contributed by atoms with Crippen molar-refractivity contribution in [1.82, 2.24) is 4.90 Å². The molecule has 1 aliphatic carbocycles. The van der Waals surface area contributed by atoms with Gasteiger partial charge in [0.15, 0.2) is 0 Å². The van der Waals surface area contributed by atoms with Crippen molar-refractivity contribution in [3.05, 3.63) is 35.4 Å². The fraction of sp³-hybridized carbons (Fsp3) is 0.600. The van der Waals surface area contributed by atoms with Crippen molar-refractivity contribution in [2.75, 3.05) is 7.05 Å². The molecule has 5 heteroatoms. The highest BCUT2D eigenvalue weighted by Crippen LogP contribution is 2.29. The molecule has 1 fully saturated rings. The Bertz CT molecular complexity index is 420. The zero-order chi connectivity index (χ0) is 14.8. The van der Waals surface area contributed by atoms with Gasteiger partial charge in [-0.05, 0) is 50.4 Å². The van der Waals surface area contributed by atoms with Gasteiger partial charge in [-0.25, -0.2) is 0 Å². The molecule has 0 aromatic heterocycles. The summed E-state index contributed by atoms with van der Waals surface area (Å²) in [5, 5.41) is 0. The Labute approximate surface area is 117 Å². The van der Waals surface area contributed by atoms with Gasteiger partial charge in [-0.3, -0.25) is 4.90 Å². The molecule has 0 atom stereocenters. The van der Waals surface area contributed by atoms with Gasteiger partial charge in [0.1, 0.15) is 0 Å². The first kappa shape index (κ1) is 15.3. The van der Waals surface area contributed by atoms with Crippen LogP contribution in [-0.4, -0.2) is 24.0 Å². The molecule has 0 heterocycles. The fourth-order valence-corrected chi connectivity index (χ4v) is 2.76. The molecule has 2 N–H and O–H groups in total. The van der Waals surface area contributed by atoms with Gasteiger partial charge >= 0.3 is 6.18 Å². The molecule has 0 saturated heterocycles. The summed E-state index contributed by atoms with van der Waals surface area (Å²) in [7, 11) is 2.03. The number of hydrogen-bond donors (Lipinski definition) is 1. The van der Waals surface area contributed by atoms with E-state index in [-0.39, 0.29) is 0 Å². The highest BCUT2D eigenvalue weighted by Gasteiger charge is 2.30. The number of halogens is 3. The Hall–Kier alpha value is -1.07. The van der Waals surface area contributed by atoms with Gasteiger partial charge in [-0.15, -0.1) is 0 Å². The molecule has 0 amide bonds. The van der Waals surface area contributed by atoms with Crippen molar-refractivity contribution < 1.29 is 13.2 Å². The Kier molecular flexibility index (Phi) is 4.70. The first-order chi connectivity index (χ1) is 9.36. The van der Waals surface area contributed by atoms with Crippen molar-refractivity contribution in [3.8, 4) is 0 Å². The molecule has 0 unspecified atom stereocenters. The minimum absolute atomic E-state index is 0.311. The number of alkyl halides is 3. The van der Waals surface area contributed by atoms with E-state index in [1.807, 2.05) is 7.05 Å². The average molecular weight is 286 g/mol. The highest BCUT2D eigenvalue weighted by molar-refractivity contribution is 5.24. The molecular formula is C15H21F3N2. The van der Waals surface area contributed by atoms with E-state index in [0.29, 0.717) is 18.6 Å². The lowest BCUT2D eigenvalue weighted by molar-refractivity contribution is -0.137. The Balaban J connectivity index is 1.93. The van der Waals surface area contributed by atoms with Crippen LogP contribution in [0.2, 0.25) is 0 Å². The van der Waals surface area contributed by atoms with Crippen LogP contribution in [0.15, 0.2) is 24.3 Å². The third kappa shape index (κ3) is 3.96. The van der Waals surface area contributed by atoms with Gasteiger partial charge in [0.25, 0.3) is 0 Å². The van der Waals surface area contributed by atoms with Crippen LogP contribution < -0.4 is 5.73 Å². The molecule has 1 aliphatic rings. The van der Waals surface area contributed by atoms with Crippen LogP contribution in [0.5, 0.6) is 0 Å². The number of nitrogens with zero attached hydrogens (tertiary/aromatic N) is 1. The minimum atomic E-state index is -4.26. The summed E-state index contributed by atoms with van der Waals surface area (Å²) in [6, 6.07) is 6.23. The van der Waals surface area contributed by atoms with E-state index in [1.54, 1.807) is 12.1 Å². The van der Waals surface area contributed by atoms with Crippen LogP contribution in [0.4, 0.5) is 13.2 Å². The predicted octanol–water partition coefficient (Wildman–Crippen LogP) is 3.41. The zero-order valence-corrected chi connectivity index (χ0v) is 11.7. The van der Waals surface area contributed by atoms with Gasteiger partial charge < -0.3 is 5.73 Å². The number of rotatable bonds is 3. The lowest BCUT2D eigenvalue weighted by atomic mass is 9.91. The topological polar surface area (TPSA) is 29.3 Å². The summed E-state index contributed by atoms with van der Waals surface area (Å²) >= 11 is 0. The second-order valence-electron chi connectivity index (χ2n) is 5.68. The molecule has 1 aromatic carbocycles. The van der Waals surface area contributed by atoms with Gasteiger partial charge in [0.05, 0.1) is 5.56 Å². The van der Waals surface area contributed by atoms with Crippen LogP contribution in [0.25, 0.3) is 0 Å². The standard InChI is InChI=1S/C15H21F3N2/c1-20(14-8-6-13(19)7-9-14)10-11-2-4-12(5-3-11)15(16,17)18/h2-5,13-14H,6-10,19H2,1H3. The molecule has 0 bridgehead atoms. The molecular weight excluding hydrogens is 265 g/mol. The largest absolute Gasteiger partial charge is 0.416 e. The van der Waals surface area contributed by atoms with Gasteiger partial charge in [-0.2, -0.15) is 13.2 Å². The summed E-state index contributed by atoms with van der Waals surface area (Å²) in [4.78, 5) is 2.22. The van der Waals surface area contributed by atoms with Crippen molar-refractivity contribution in [2.24, 2.45) is 5.73 Å². The van der Waals surface area contributed by atoms with E-state index < -0.39 is 11.7 Å². The maximum Gasteiger partial charge on any atom is 0.416 e. The number of benzene rings is 1. The molecule has 112 valence electrons. The first-order valence-electron chi connectivity index (χ1n) is 6.98. The van der Waals surface area contributed by atoms with Crippen molar-refractivity contribution in [3.63, 3.8) is 0 Å². The summed E-state index contributed by atoms with van der Waals surface area (Å²) < 4.78 is 37.5. The zero-order valence-electron chi connectivity index (χ0n) is 11.7. The quantitative estimate of drug-likeness (QED) is 0.922. The first-order valence-corrected chi connectivity index (χ1v) is 6.98. The Morgan fingerprint density at radius 3 is 2.15 bits per heavy atom. The average Bonchev–Trinajstić information content (AvgIpc) is 2.39. The molecule has 0 radical (unpaired) electrons. The molecule has 1 saturated carbocycles. The Morgan fingerprint density at radius 2 is 1.65 bits per heavy atom. The van der Waals surface area contributed by atoms with E-state index in [0.717, 1.165) is 43.4 Å². The molecule has 20 heavy (non-hydrogen) atoms. The SMILES string of the molecule is CN(Cc1ccc(C(F)(F)F)cc1)C1CCC(N)CC1. The molecule has 2 nitrogen and oxygen atoms in total. The maximum atomic E-state index is 12.5.